The lowest BCUT2D eigenvalue weighted by molar-refractivity contribution is -0.136. The number of carbonyl (C=O) groups is 6. The lowest BCUT2D eigenvalue weighted by Crippen LogP contribution is -2.54. The van der Waals surface area contributed by atoms with Crippen molar-refractivity contribution in [2.24, 2.45) is 13.0 Å². The number of aromatic nitrogens is 4. The molecule has 65 heavy (non-hydrogen) atoms. The van der Waals surface area contributed by atoms with E-state index in [1.54, 1.807) is 32.8 Å². The van der Waals surface area contributed by atoms with E-state index in [1.807, 2.05) is 57.3 Å². The highest BCUT2D eigenvalue weighted by Gasteiger charge is 2.44. The average Bonchev–Trinajstić information content (AvgIpc) is 3.75. The molecule has 0 radical (unpaired) electrons. The fourth-order valence-corrected chi connectivity index (χ4v) is 9.01. The molecule has 2 saturated heterocycles. The Labute approximate surface area is 373 Å². The fourth-order valence-electron chi connectivity index (χ4n) is 9.01. The van der Waals surface area contributed by atoms with Crippen molar-refractivity contribution in [1.82, 2.24) is 39.8 Å². The maximum atomic E-state index is 13.8. The average molecular weight is 875 g/mol. The molecule has 0 saturated carbocycles. The van der Waals surface area contributed by atoms with Crippen LogP contribution in [0.4, 0.5) is 28.8 Å². The lowest BCUT2D eigenvalue weighted by Gasteiger charge is -2.32. The van der Waals surface area contributed by atoms with E-state index in [2.05, 4.69) is 37.4 Å². The summed E-state index contributed by atoms with van der Waals surface area (Å²) in [6, 6.07) is 17.7. The smallest absolute Gasteiger partial charge is 0.264 e. The number of nitrogens with zero attached hydrogens (tertiary/aromatic N) is 8. The molecule has 18 nitrogen and oxygen atoms in total. The Kier molecular flexibility index (Phi) is 11.3. The number of aryl methyl sites for hydroxylation is 3. The van der Waals surface area contributed by atoms with Gasteiger partial charge in [-0.2, -0.15) is 15.3 Å². The number of fused-ring (bicyclic) bond motifs is 3. The second-order valence-corrected chi connectivity index (χ2v) is 16.9. The van der Waals surface area contributed by atoms with Crippen molar-refractivity contribution >= 4 is 75.3 Å². The highest BCUT2D eigenvalue weighted by molar-refractivity contribution is 6.23. The minimum Gasteiger partial charge on any atom is -0.376 e. The van der Waals surface area contributed by atoms with Gasteiger partial charge in [-0.3, -0.25) is 39.0 Å². The van der Waals surface area contributed by atoms with Crippen LogP contribution in [0.15, 0.2) is 72.4 Å². The molecular weight excluding hydrogens is 829 g/mol. The quantitative estimate of drug-likeness (QED) is 0.0859. The predicted octanol–water partition coefficient (Wildman–Crippen LogP) is 4.55. The number of nitriles is 1. The Bertz CT molecular complexity index is 2890. The normalized spacial score (nSPS) is 17.7. The molecule has 330 valence electrons. The number of amides is 6. The molecule has 5 aromatic rings. The number of allylic oxidation sites excluding steroid dienone is 1. The first-order chi connectivity index (χ1) is 31.3. The number of nitrogens with one attached hydrogen (secondary N) is 4. The van der Waals surface area contributed by atoms with Gasteiger partial charge in [-0.25, -0.2) is 9.67 Å². The van der Waals surface area contributed by atoms with Crippen molar-refractivity contribution in [3.8, 4) is 6.07 Å². The maximum absolute atomic E-state index is 13.8. The molecule has 4 N–H and O–H groups in total. The summed E-state index contributed by atoms with van der Waals surface area (Å²) in [5.41, 5.74) is 7.52. The van der Waals surface area contributed by atoms with Crippen LogP contribution in [-0.4, -0.2) is 102 Å². The molecule has 4 aliphatic heterocycles. The van der Waals surface area contributed by atoms with E-state index >= 15 is 0 Å². The number of likely N-dealkylation sites (tertiary alicyclic amines) is 1. The van der Waals surface area contributed by atoms with E-state index in [9.17, 15) is 34.0 Å². The molecule has 1 atom stereocenters. The molecule has 9 rings (SSSR count). The number of hydrogen-bond donors (Lipinski definition) is 4. The molecule has 6 heterocycles. The summed E-state index contributed by atoms with van der Waals surface area (Å²) in [6.45, 7) is 5.71. The van der Waals surface area contributed by atoms with Crippen molar-refractivity contribution in [2.45, 2.75) is 58.5 Å². The van der Waals surface area contributed by atoms with Crippen molar-refractivity contribution in [2.75, 3.05) is 42.1 Å². The number of anilines is 5. The third kappa shape index (κ3) is 8.35. The predicted molar refractivity (Wildman–Crippen MR) is 239 cm³/mol. The Morgan fingerprint density at radius 3 is 2.38 bits per heavy atom. The van der Waals surface area contributed by atoms with E-state index in [0.29, 0.717) is 68.5 Å². The molecule has 18 heteroatoms. The topological polar surface area (TPSA) is 228 Å². The summed E-state index contributed by atoms with van der Waals surface area (Å²) in [4.78, 5) is 90.9. The molecule has 0 spiro atoms. The number of imide groups is 2. The summed E-state index contributed by atoms with van der Waals surface area (Å²) in [5.74, 6) is -1.86. The first kappa shape index (κ1) is 42.4. The van der Waals surface area contributed by atoms with Crippen molar-refractivity contribution < 1.29 is 28.8 Å². The zero-order chi connectivity index (χ0) is 45.5. The Morgan fingerprint density at radius 1 is 0.877 bits per heavy atom. The molecular formula is C47H46N12O6. The van der Waals surface area contributed by atoms with Gasteiger partial charge < -0.3 is 25.8 Å². The van der Waals surface area contributed by atoms with E-state index in [1.165, 1.54) is 12.1 Å². The van der Waals surface area contributed by atoms with Crippen LogP contribution in [0.1, 0.15) is 68.7 Å². The monoisotopic (exact) mass is 874 g/mol. The number of para-hydroxylation sites is 1. The molecule has 0 aliphatic carbocycles. The molecule has 3 aromatic carbocycles. The van der Waals surface area contributed by atoms with Crippen LogP contribution in [-0.2, 0) is 39.2 Å². The summed E-state index contributed by atoms with van der Waals surface area (Å²) in [6.07, 6.45) is 5.36. The van der Waals surface area contributed by atoms with E-state index in [-0.39, 0.29) is 53.8 Å². The number of rotatable bonds is 10. The SMILES string of the molecule is Cc1cccc(C)c1Nc1nn(C)c2nc(Nc3ccc4c(c3)CN(C(=O)/C(C#N)=C/C3CCN(C(=O)CNc5ccc6c(c5)C(=O)N(C5CCC(=O)NC5=O)C6=O)CC3)CC4)ncc12. The van der Waals surface area contributed by atoms with Gasteiger partial charge in [0.05, 0.1) is 23.1 Å². The van der Waals surface area contributed by atoms with Crippen LogP contribution in [0.5, 0.6) is 0 Å². The van der Waals surface area contributed by atoms with Crippen LogP contribution in [0, 0.1) is 31.1 Å². The summed E-state index contributed by atoms with van der Waals surface area (Å²) < 4.78 is 1.72. The number of piperidine rings is 2. The van der Waals surface area contributed by atoms with Gasteiger partial charge in [0.15, 0.2) is 11.5 Å². The highest BCUT2D eigenvalue weighted by Crippen LogP contribution is 2.32. The molecule has 4 aliphatic rings. The van der Waals surface area contributed by atoms with Gasteiger partial charge >= 0.3 is 0 Å². The number of benzene rings is 3. The second-order valence-electron chi connectivity index (χ2n) is 16.9. The van der Waals surface area contributed by atoms with Gasteiger partial charge in [0.2, 0.25) is 23.7 Å². The van der Waals surface area contributed by atoms with Crippen LogP contribution >= 0.6 is 0 Å². The van der Waals surface area contributed by atoms with E-state index < -0.39 is 29.7 Å². The highest BCUT2D eigenvalue weighted by atomic mass is 16.2. The van der Waals surface area contributed by atoms with Crippen LogP contribution in [0.3, 0.4) is 0 Å². The standard InChI is InChI=1S/C47H46N12O6/c1-26-5-4-6-27(2)40(26)53-41-36-23-50-47(54-42(36)56(3)55-41)51-33-8-7-29-15-18-58(25-31(29)20-33)44(63)30(22-48)19-28-13-16-57(17-14-28)39(61)24-49-32-9-10-34-35(21-32)46(65)59(45(34)64)37-11-12-38(60)52-43(37)62/h4-10,19-21,23,28,37,49H,11-18,24-25H2,1-3H3,(H,53,55)(H,50,51,54)(H,52,60,62)/b30-19+. The van der Waals surface area contributed by atoms with Gasteiger partial charge in [0.25, 0.3) is 17.7 Å². The van der Waals surface area contributed by atoms with Crippen LogP contribution < -0.4 is 21.3 Å². The lowest BCUT2D eigenvalue weighted by atomic mass is 9.93. The summed E-state index contributed by atoms with van der Waals surface area (Å²) in [5, 5.41) is 27.6. The van der Waals surface area contributed by atoms with Crippen molar-refractivity contribution in [1.29, 1.82) is 5.26 Å². The number of hydrogen-bond acceptors (Lipinski definition) is 13. The summed E-state index contributed by atoms with van der Waals surface area (Å²) in [7, 11) is 1.84. The molecule has 6 amide bonds. The van der Waals surface area contributed by atoms with Crippen LogP contribution in [0.25, 0.3) is 11.0 Å². The molecule has 2 aromatic heterocycles. The zero-order valence-corrected chi connectivity index (χ0v) is 36.1. The third-order valence-electron chi connectivity index (χ3n) is 12.6. The molecule has 2 fully saturated rings. The van der Waals surface area contributed by atoms with Gasteiger partial charge in [-0.15, -0.1) is 0 Å². The van der Waals surface area contributed by atoms with Crippen molar-refractivity contribution in [3.05, 3.63) is 106 Å². The largest absolute Gasteiger partial charge is 0.376 e. The first-order valence-corrected chi connectivity index (χ1v) is 21.6. The van der Waals surface area contributed by atoms with Gasteiger partial charge in [0, 0.05) is 62.9 Å². The van der Waals surface area contributed by atoms with E-state index in [0.717, 1.165) is 43.9 Å². The Balaban J connectivity index is 0.778. The molecule has 1 unspecified atom stereocenters. The maximum Gasteiger partial charge on any atom is 0.264 e. The minimum absolute atomic E-state index is 0.0256. The first-order valence-electron chi connectivity index (χ1n) is 21.6. The Hall–Kier alpha value is -7.94. The second kappa shape index (κ2) is 17.3. The zero-order valence-electron chi connectivity index (χ0n) is 36.1. The van der Waals surface area contributed by atoms with E-state index in [4.69, 9.17) is 4.98 Å². The van der Waals surface area contributed by atoms with Gasteiger partial charge in [0.1, 0.15) is 17.7 Å². The van der Waals surface area contributed by atoms with Crippen LogP contribution in [0.2, 0.25) is 0 Å². The number of carbonyl (C=O) groups excluding carboxylic acids is 6. The Morgan fingerprint density at radius 2 is 1.63 bits per heavy atom. The fraction of sp³-hybridized carbons (Fsp3) is 0.319. The van der Waals surface area contributed by atoms with Gasteiger partial charge in [-0.1, -0.05) is 30.3 Å². The summed E-state index contributed by atoms with van der Waals surface area (Å²) >= 11 is 0. The molecule has 0 bridgehead atoms. The minimum atomic E-state index is -1.07. The third-order valence-corrected chi connectivity index (χ3v) is 12.6. The van der Waals surface area contributed by atoms with Gasteiger partial charge in [-0.05, 0) is 98.0 Å². The van der Waals surface area contributed by atoms with Crippen molar-refractivity contribution in [3.63, 3.8) is 0 Å².